The van der Waals surface area contributed by atoms with E-state index in [0.29, 0.717) is 16.7 Å². The molecule has 3 aromatic rings. The van der Waals surface area contributed by atoms with Gasteiger partial charge in [0, 0.05) is 38.6 Å². The topological polar surface area (TPSA) is 498 Å². The highest BCUT2D eigenvalue weighted by atomic mass is 16.4. The van der Waals surface area contributed by atoms with Gasteiger partial charge in [-0.15, -0.1) is 0 Å². The van der Waals surface area contributed by atoms with Crippen LogP contribution in [-0.4, -0.2) is 169 Å². The number of primary amides is 3. The van der Waals surface area contributed by atoms with Gasteiger partial charge < -0.3 is 90.6 Å². The van der Waals surface area contributed by atoms with Gasteiger partial charge >= 0.3 is 5.97 Å². The molecule has 1 aliphatic heterocycles. The van der Waals surface area contributed by atoms with E-state index in [4.69, 9.17) is 22.9 Å². The van der Waals surface area contributed by atoms with Crippen LogP contribution in [-0.2, 0) is 76.8 Å². The Balaban J connectivity index is 1.55. The number of amides is 11. The van der Waals surface area contributed by atoms with E-state index in [1.807, 2.05) is 0 Å². The number of carbonyl (C=O) groups is 12. The summed E-state index contributed by atoms with van der Waals surface area (Å²) in [6, 6.07) is 4.15. The molecule has 29 heteroatoms. The largest absolute Gasteiger partial charge is 0.508 e. The van der Waals surface area contributed by atoms with Crippen molar-refractivity contribution < 1.29 is 83.1 Å². The molecule has 1 aliphatic rings. The van der Waals surface area contributed by atoms with Crippen LogP contribution in [0, 0.1) is 0 Å². The SMILES string of the molecule is C[C@@H](O)[C@H](NC(=O)[C@H](Cc1ccc(O)cc1)NC(=O)[C@@H]1CCCN1C(=O)[C@H](Cc1ccc(O)cc1)NC(=O)CNC(=O)[C@H](CC(N)=O)NC(=O)[C@H](Cc1ccc(O)cc1)NC(=O)[C@H](CCC(N)=O)NC(=O)[C@@H](N)CCC(N)=O)C(=O)O. The number of hydrogen-bond donors (Lipinski definition) is 16. The predicted molar refractivity (Wildman–Crippen MR) is 283 cm³/mol. The fourth-order valence-corrected chi connectivity index (χ4v) is 8.39. The Morgan fingerprint density at radius 1 is 0.556 bits per heavy atom. The molecular formula is C52H68N12O17. The smallest absolute Gasteiger partial charge is 0.328 e. The monoisotopic (exact) mass is 1130 g/mol. The minimum atomic E-state index is -1.82. The van der Waals surface area contributed by atoms with Gasteiger partial charge in [0.15, 0.2) is 6.04 Å². The number of phenolic OH excluding ortho intramolecular Hbond substituents is 3. The third-order valence-corrected chi connectivity index (χ3v) is 12.7. The van der Waals surface area contributed by atoms with E-state index >= 15 is 0 Å². The van der Waals surface area contributed by atoms with Gasteiger partial charge in [-0.25, -0.2) is 4.79 Å². The Morgan fingerprint density at radius 2 is 1.00 bits per heavy atom. The number of carbonyl (C=O) groups excluding carboxylic acids is 11. The van der Waals surface area contributed by atoms with Gasteiger partial charge in [-0.05, 0) is 85.7 Å². The highest BCUT2D eigenvalue weighted by molar-refractivity contribution is 5.99. The Morgan fingerprint density at radius 3 is 1.48 bits per heavy atom. The van der Waals surface area contributed by atoms with Crippen molar-refractivity contribution in [1.29, 1.82) is 0 Å². The van der Waals surface area contributed by atoms with Crippen molar-refractivity contribution in [2.75, 3.05) is 13.1 Å². The molecular weight excluding hydrogens is 1060 g/mol. The molecule has 0 spiro atoms. The van der Waals surface area contributed by atoms with Gasteiger partial charge in [-0.3, -0.25) is 52.7 Å². The number of nitrogens with one attached hydrogen (secondary N) is 7. The number of aliphatic carboxylic acids is 1. The summed E-state index contributed by atoms with van der Waals surface area (Å²) >= 11 is 0. The molecule has 0 bridgehead atoms. The molecule has 0 saturated carbocycles. The van der Waals surface area contributed by atoms with Crippen LogP contribution in [0.2, 0.25) is 0 Å². The first-order valence-corrected chi connectivity index (χ1v) is 25.5. The molecule has 0 radical (unpaired) electrons. The van der Waals surface area contributed by atoms with E-state index < -0.39 is 145 Å². The quantitative estimate of drug-likeness (QED) is 0.0287. The lowest BCUT2D eigenvalue weighted by Crippen LogP contribution is -2.59. The average molecular weight is 1130 g/mol. The standard InChI is InChI=1S/C52H68N12O17/c1-26(65)44(52(80)81)63-49(77)36(22-28-6-12-31(67)13-7-28)62-50(78)39-3-2-20-64(39)51(79)38(23-29-8-14-32(68)15-9-29)58-43(72)25-57-46(74)37(24-42(56)71)61-48(76)35(21-27-4-10-30(66)11-5-27)60-47(75)34(17-19-41(55)70)59-45(73)33(53)16-18-40(54)69/h4-15,26,33-39,44,65-68H,2-3,16-25,53H2,1H3,(H2,54,69)(H2,55,70)(H2,56,71)(H,57,74)(H,58,72)(H,59,73)(H,60,75)(H,61,76)(H,62,78)(H,63,77)(H,80,81)/t26-,33+,34+,35+,36+,37+,38+,39+,44+/m1/s1. The van der Waals surface area contributed by atoms with Gasteiger partial charge in [0.1, 0.15) is 53.5 Å². The summed E-state index contributed by atoms with van der Waals surface area (Å²) < 4.78 is 0. The summed E-state index contributed by atoms with van der Waals surface area (Å²) in [5.41, 5.74) is 23.0. The Labute approximate surface area is 463 Å². The second-order valence-electron chi connectivity index (χ2n) is 19.2. The lowest BCUT2D eigenvalue weighted by molar-refractivity contribution is -0.145. The van der Waals surface area contributed by atoms with Gasteiger partial charge in [-0.2, -0.15) is 0 Å². The normalized spacial score (nSPS) is 15.8. The molecule has 1 fully saturated rings. The van der Waals surface area contributed by atoms with Crippen molar-refractivity contribution in [2.45, 2.75) is 126 Å². The number of aliphatic hydroxyl groups is 1. The summed E-state index contributed by atoms with van der Waals surface area (Å²) in [5.74, 6) is -12.6. The van der Waals surface area contributed by atoms with Gasteiger partial charge in [0.05, 0.1) is 25.1 Å². The van der Waals surface area contributed by atoms with Crippen LogP contribution in [0.3, 0.4) is 0 Å². The van der Waals surface area contributed by atoms with Crippen molar-refractivity contribution in [3.05, 3.63) is 89.5 Å². The Hall–Kier alpha value is -9.38. The molecule has 0 aromatic heterocycles. The number of nitrogens with two attached hydrogens (primary N) is 4. The highest BCUT2D eigenvalue weighted by Gasteiger charge is 2.40. The number of hydrogen-bond acceptors (Lipinski definition) is 17. The van der Waals surface area contributed by atoms with E-state index in [1.165, 1.54) is 72.8 Å². The van der Waals surface area contributed by atoms with Gasteiger partial charge in [0.25, 0.3) is 0 Å². The summed E-state index contributed by atoms with van der Waals surface area (Å²) in [5, 5.41) is 66.0. The van der Waals surface area contributed by atoms with Crippen molar-refractivity contribution in [3.63, 3.8) is 0 Å². The number of aliphatic hydroxyl groups excluding tert-OH is 1. The number of carboxylic acids is 1. The first-order chi connectivity index (χ1) is 38.2. The Bertz CT molecular complexity index is 2760. The molecule has 438 valence electrons. The van der Waals surface area contributed by atoms with Crippen LogP contribution in [0.15, 0.2) is 72.8 Å². The molecule has 20 N–H and O–H groups in total. The number of phenols is 3. The Kier molecular flexibility index (Phi) is 24.3. The predicted octanol–water partition coefficient (Wildman–Crippen LogP) is -4.95. The molecule has 0 aliphatic carbocycles. The maximum atomic E-state index is 14.5. The number of benzene rings is 3. The third-order valence-electron chi connectivity index (χ3n) is 12.7. The third kappa shape index (κ3) is 21.1. The molecule has 1 saturated heterocycles. The average Bonchev–Trinajstić information content (AvgIpc) is 3.91. The van der Waals surface area contributed by atoms with Crippen LogP contribution in [0.25, 0.3) is 0 Å². The fourth-order valence-electron chi connectivity index (χ4n) is 8.39. The second-order valence-corrected chi connectivity index (χ2v) is 19.2. The lowest BCUT2D eigenvalue weighted by Gasteiger charge is -2.30. The molecule has 1 heterocycles. The van der Waals surface area contributed by atoms with Crippen LogP contribution in [0.4, 0.5) is 0 Å². The lowest BCUT2D eigenvalue weighted by atomic mass is 10.0. The number of nitrogens with zero attached hydrogens (tertiary/aromatic N) is 1. The van der Waals surface area contributed by atoms with Crippen LogP contribution in [0.5, 0.6) is 17.2 Å². The van der Waals surface area contributed by atoms with E-state index in [9.17, 15) is 83.1 Å². The summed E-state index contributed by atoms with van der Waals surface area (Å²) in [6.45, 7) is 0.214. The van der Waals surface area contributed by atoms with Gasteiger partial charge in [0.2, 0.25) is 65.0 Å². The second kappa shape index (κ2) is 30.7. The molecule has 3 aromatic carbocycles. The summed E-state index contributed by atoms with van der Waals surface area (Å²) in [6.07, 6.45) is -4.19. The zero-order valence-corrected chi connectivity index (χ0v) is 44.0. The molecule has 0 unspecified atom stereocenters. The maximum Gasteiger partial charge on any atom is 0.328 e. The summed E-state index contributed by atoms with van der Waals surface area (Å²) in [7, 11) is 0. The number of rotatable bonds is 31. The fraction of sp³-hybridized carbons (Fsp3) is 0.423. The zero-order chi connectivity index (χ0) is 60.1. The van der Waals surface area contributed by atoms with E-state index in [2.05, 4.69) is 37.2 Å². The van der Waals surface area contributed by atoms with E-state index in [-0.39, 0.29) is 75.2 Å². The molecule has 81 heavy (non-hydrogen) atoms. The maximum absolute atomic E-state index is 14.5. The molecule has 4 rings (SSSR count). The van der Waals surface area contributed by atoms with Crippen LogP contribution < -0.4 is 60.2 Å². The van der Waals surface area contributed by atoms with Crippen LogP contribution >= 0.6 is 0 Å². The van der Waals surface area contributed by atoms with Crippen molar-refractivity contribution >= 4 is 70.9 Å². The first kappa shape index (κ1) is 64.1. The minimum Gasteiger partial charge on any atom is -0.508 e. The molecule has 9 atom stereocenters. The van der Waals surface area contributed by atoms with Crippen LogP contribution in [0.1, 0.15) is 68.6 Å². The number of carboxylic acid groups (broad SMARTS) is 1. The molecule has 11 amide bonds. The van der Waals surface area contributed by atoms with E-state index in [0.717, 1.165) is 11.8 Å². The van der Waals surface area contributed by atoms with Crippen molar-refractivity contribution in [3.8, 4) is 17.2 Å². The number of aromatic hydroxyl groups is 3. The minimum absolute atomic E-state index is 0.0223. The first-order valence-electron chi connectivity index (χ1n) is 25.5. The van der Waals surface area contributed by atoms with E-state index in [1.54, 1.807) is 0 Å². The summed E-state index contributed by atoms with van der Waals surface area (Å²) in [4.78, 5) is 159. The van der Waals surface area contributed by atoms with Crippen molar-refractivity contribution in [1.82, 2.24) is 42.1 Å². The van der Waals surface area contributed by atoms with Crippen molar-refractivity contribution in [2.24, 2.45) is 22.9 Å². The molecule has 29 nitrogen and oxygen atoms in total. The van der Waals surface area contributed by atoms with Gasteiger partial charge in [-0.1, -0.05) is 36.4 Å². The number of likely N-dealkylation sites (tertiary alicyclic amines) is 1. The zero-order valence-electron chi connectivity index (χ0n) is 44.0. The highest BCUT2D eigenvalue weighted by Crippen LogP contribution is 2.22.